The average Bonchev–Trinajstić information content (AvgIpc) is 2.95. The maximum absolute atomic E-state index is 12.2. The molecule has 4 unspecified atom stereocenters. The zero-order chi connectivity index (χ0) is 16.8. The zero-order valence-corrected chi connectivity index (χ0v) is 14.4. The van der Waals surface area contributed by atoms with Gasteiger partial charge in [-0.1, -0.05) is 13.0 Å². The first-order chi connectivity index (χ1) is 11.6. The topological polar surface area (TPSA) is 57.5 Å². The lowest BCUT2D eigenvalue weighted by atomic mass is 9.56. The molecule has 0 bridgehead atoms. The summed E-state index contributed by atoms with van der Waals surface area (Å²) in [5, 5.41) is 20.3. The zero-order valence-electron chi connectivity index (χ0n) is 14.4. The Hall–Kier alpha value is -1.35. The molecular weight excluding hydrogens is 300 g/mol. The average molecular weight is 328 g/mol. The second-order valence-electron chi connectivity index (χ2n) is 8.18. The lowest BCUT2D eigenvalue weighted by Crippen LogP contribution is -2.42. The van der Waals surface area contributed by atoms with Crippen molar-refractivity contribution in [2.75, 3.05) is 0 Å². The Kier molecular flexibility index (Phi) is 4.16. The fourth-order valence-electron chi connectivity index (χ4n) is 6.03. The van der Waals surface area contributed by atoms with Crippen LogP contribution in [-0.2, 0) is 11.2 Å². The first kappa shape index (κ1) is 16.1. The largest absolute Gasteiger partial charge is 0.508 e. The standard InChI is InChI=1S/C21H28O3/c1-2-14(22)10-13-11-19-17(7-8-20(19)24)18-5-3-12-9-15(23)4-6-16(12)21(13)18/h4,6,9,13,17-21,23-24H,2-3,5,7-8,10-11H2,1H3/t13-,17?,18?,19?,20-,21?/m0/s1. The second kappa shape index (κ2) is 6.18. The minimum atomic E-state index is -0.170. The monoisotopic (exact) mass is 328 g/mol. The number of phenols is 1. The van der Waals surface area contributed by atoms with Crippen molar-refractivity contribution in [3.8, 4) is 5.75 Å². The first-order valence-corrected chi connectivity index (χ1v) is 9.60. The van der Waals surface area contributed by atoms with Gasteiger partial charge in [0.05, 0.1) is 6.10 Å². The third-order valence-corrected chi connectivity index (χ3v) is 7.05. The third-order valence-electron chi connectivity index (χ3n) is 7.05. The van der Waals surface area contributed by atoms with Gasteiger partial charge >= 0.3 is 0 Å². The summed E-state index contributed by atoms with van der Waals surface area (Å²) in [6.45, 7) is 1.95. The third kappa shape index (κ3) is 2.57. The summed E-state index contributed by atoms with van der Waals surface area (Å²) in [6, 6.07) is 5.81. The molecule has 3 aliphatic rings. The van der Waals surface area contributed by atoms with Crippen LogP contribution in [0.5, 0.6) is 5.75 Å². The summed E-state index contributed by atoms with van der Waals surface area (Å²) < 4.78 is 0. The van der Waals surface area contributed by atoms with Crippen molar-refractivity contribution in [3.63, 3.8) is 0 Å². The predicted molar refractivity (Wildman–Crippen MR) is 92.9 cm³/mol. The van der Waals surface area contributed by atoms with Crippen molar-refractivity contribution < 1.29 is 15.0 Å². The molecule has 0 saturated heterocycles. The summed E-state index contributed by atoms with van der Waals surface area (Å²) in [5.74, 6) is 3.05. The van der Waals surface area contributed by atoms with Gasteiger partial charge in [0.25, 0.3) is 0 Å². The maximum atomic E-state index is 12.2. The van der Waals surface area contributed by atoms with Gasteiger partial charge in [-0.15, -0.1) is 0 Å². The lowest BCUT2D eigenvalue weighted by Gasteiger charge is -2.49. The molecule has 24 heavy (non-hydrogen) atoms. The number of aliphatic hydroxyl groups excluding tert-OH is 1. The van der Waals surface area contributed by atoms with Crippen molar-refractivity contribution in [1.29, 1.82) is 0 Å². The number of rotatable bonds is 3. The van der Waals surface area contributed by atoms with E-state index in [0.29, 0.717) is 54.0 Å². The number of carbonyl (C=O) groups excluding carboxylic acids is 1. The molecule has 0 heterocycles. The first-order valence-electron chi connectivity index (χ1n) is 9.60. The number of ketones is 1. The molecule has 2 saturated carbocycles. The molecule has 0 amide bonds. The molecular formula is C21H28O3. The Morgan fingerprint density at radius 1 is 1.17 bits per heavy atom. The van der Waals surface area contributed by atoms with Crippen LogP contribution in [0.3, 0.4) is 0 Å². The maximum Gasteiger partial charge on any atom is 0.132 e. The van der Waals surface area contributed by atoms with E-state index < -0.39 is 0 Å². The highest BCUT2D eigenvalue weighted by Crippen LogP contribution is 2.58. The molecule has 2 fully saturated rings. The Morgan fingerprint density at radius 2 is 2.00 bits per heavy atom. The number of aliphatic hydroxyl groups is 1. The molecule has 1 aromatic carbocycles. The predicted octanol–water partition coefficient (Wildman–Crippen LogP) is 3.81. The highest BCUT2D eigenvalue weighted by atomic mass is 16.3. The van der Waals surface area contributed by atoms with Gasteiger partial charge in [0.15, 0.2) is 0 Å². The van der Waals surface area contributed by atoms with Gasteiger partial charge in [-0.3, -0.25) is 4.79 Å². The molecule has 0 spiro atoms. The van der Waals surface area contributed by atoms with Gasteiger partial charge in [-0.25, -0.2) is 0 Å². The molecule has 3 heteroatoms. The Balaban J connectivity index is 1.72. The van der Waals surface area contributed by atoms with Crippen LogP contribution >= 0.6 is 0 Å². The molecule has 3 nitrogen and oxygen atoms in total. The molecule has 130 valence electrons. The van der Waals surface area contributed by atoms with Gasteiger partial charge in [0, 0.05) is 12.8 Å². The normalized spacial score (nSPS) is 37.4. The number of Topliss-reactive ketones (excluding diaryl/α,β-unsaturated/α-hetero) is 1. The minimum Gasteiger partial charge on any atom is -0.508 e. The van der Waals surface area contributed by atoms with Crippen LogP contribution in [0.25, 0.3) is 0 Å². The highest BCUT2D eigenvalue weighted by molar-refractivity contribution is 5.78. The van der Waals surface area contributed by atoms with Gasteiger partial charge in [0.1, 0.15) is 11.5 Å². The van der Waals surface area contributed by atoms with Crippen molar-refractivity contribution in [2.45, 2.75) is 63.9 Å². The van der Waals surface area contributed by atoms with E-state index in [2.05, 4.69) is 6.07 Å². The number of aromatic hydroxyl groups is 1. The minimum absolute atomic E-state index is 0.170. The Labute approximate surface area is 144 Å². The smallest absolute Gasteiger partial charge is 0.132 e. The molecule has 0 aliphatic heterocycles. The summed E-state index contributed by atoms with van der Waals surface area (Å²) >= 11 is 0. The number of phenolic OH excluding ortho intramolecular Hbond substituents is 1. The second-order valence-corrected chi connectivity index (χ2v) is 8.18. The summed E-state index contributed by atoms with van der Waals surface area (Å²) in [5.41, 5.74) is 2.62. The van der Waals surface area contributed by atoms with Gasteiger partial charge in [-0.2, -0.15) is 0 Å². The molecule has 0 aromatic heterocycles. The molecule has 3 aliphatic carbocycles. The van der Waals surface area contributed by atoms with Crippen molar-refractivity contribution in [1.82, 2.24) is 0 Å². The molecule has 1 aromatic rings. The summed E-state index contributed by atoms with van der Waals surface area (Å²) in [7, 11) is 0. The van der Waals surface area contributed by atoms with E-state index in [0.717, 1.165) is 32.1 Å². The SMILES string of the molecule is CCC(=O)C[C@H]1CC2C(CC[C@@H]2O)C2CCc3cc(O)ccc3C21. The van der Waals surface area contributed by atoms with Crippen LogP contribution in [0.4, 0.5) is 0 Å². The highest BCUT2D eigenvalue weighted by Gasteiger charge is 2.51. The van der Waals surface area contributed by atoms with E-state index in [1.807, 2.05) is 13.0 Å². The Morgan fingerprint density at radius 3 is 2.79 bits per heavy atom. The quantitative estimate of drug-likeness (QED) is 0.887. The fraction of sp³-hybridized carbons (Fsp3) is 0.667. The molecule has 6 atom stereocenters. The number of aryl methyl sites for hydroxylation is 1. The number of hydrogen-bond donors (Lipinski definition) is 2. The fourth-order valence-corrected chi connectivity index (χ4v) is 6.03. The van der Waals surface area contributed by atoms with E-state index in [9.17, 15) is 15.0 Å². The molecule has 4 rings (SSSR count). The van der Waals surface area contributed by atoms with E-state index in [1.165, 1.54) is 11.1 Å². The lowest BCUT2D eigenvalue weighted by molar-refractivity contribution is -0.120. The van der Waals surface area contributed by atoms with Gasteiger partial charge in [-0.05, 0) is 85.0 Å². The number of carbonyl (C=O) groups is 1. The van der Waals surface area contributed by atoms with Crippen molar-refractivity contribution in [2.24, 2.45) is 23.7 Å². The number of hydrogen-bond acceptors (Lipinski definition) is 3. The van der Waals surface area contributed by atoms with Crippen LogP contribution in [0.1, 0.15) is 62.5 Å². The van der Waals surface area contributed by atoms with Crippen LogP contribution in [0.2, 0.25) is 0 Å². The van der Waals surface area contributed by atoms with Crippen LogP contribution in [0, 0.1) is 23.7 Å². The summed E-state index contributed by atoms with van der Waals surface area (Å²) in [4.78, 5) is 12.2. The van der Waals surface area contributed by atoms with E-state index >= 15 is 0 Å². The van der Waals surface area contributed by atoms with Crippen LogP contribution in [0.15, 0.2) is 18.2 Å². The molecule has 0 radical (unpaired) electrons. The van der Waals surface area contributed by atoms with Crippen molar-refractivity contribution >= 4 is 5.78 Å². The molecule has 2 N–H and O–H groups in total. The number of fused-ring (bicyclic) bond motifs is 5. The van der Waals surface area contributed by atoms with Crippen molar-refractivity contribution in [3.05, 3.63) is 29.3 Å². The Bertz CT molecular complexity index is 638. The van der Waals surface area contributed by atoms with E-state index in [-0.39, 0.29) is 6.10 Å². The van der Waals surface area contributed by atoms with Crippen LogP contribution < -0.4 is 0 Å². The van der Waals surface area contributed by atoms with Crippen LogP contribution in [-0.4, -0.2) is 22.1 Å². The summed E-state index contributed by atoms with van der Waals surface area (Å²) in [6.07, 6.45) is 6.27. The van der Waals surface area contributed by atoms with E-state index in [4.69, 9.17) is 0 Å². The van der Waals surface area contributed by atoms with E-state index in [1.54, 1.807) is 6.07 Å². The van der Waals surface area contributed by atoms with Gasteiger partial charge in [0.2, 0.25) is 0 Å². The number of benzene rings is 1. The van der Waals surface area contributed by atoms with Gasteiger partial charge < -0.3 is 10.2 Å².